The van der Waals surface area contributed by atoms with Gasteiger partial charge >= 0.3 is 0 Å². The molecule has 0 spiro atoms. The summed E-state index contributed by atoms with van der Waals surface area (Å²) in [5, 5.41) is 0. The Morgan fingerprint density at radius 2 is 2.00 bits per heavy atom. The molecular formula is C20H26N4O2. The maximum Gasteiger partial charge on any atom is 0.257 e. The quantitative estimate of drug-likeness (QED) is 0.841. The summed E-state index contributed by atoms with van der Waals surface area (Å²) in [5.41, 5.74) is 3.26. The zero-order valence-electron chi connectivity index (χ0n) is 15.7. The highest BCUT2D eigenvalue weighted by atomic mass is 16.6. The summed E-state index contributed by atoms with van der Waals surface area (Å²) in [6.07, 6.45) is 2.21. The van der Waals surface area contributed by atoms with Crippen molar-refractivity contribution in [2.24, 2.45) is 5.92 Å². The summed E-state index contributed by atoms with van der Waals surface area (Å²) in [7, 11) is 0. The average molecular weight is 354 g/mol. The van der Waals surface area contributed by atoms with Crippen LogP contribution < -0.4 is 9.47 Å². The molecule has 0 N–H and O–H groups in total. The van der Waals surface area contributed by atoms with Gasteiger partial charge in [-0.3, -0.25) is 4.90 Å². The summed E-state index contributed by atoms with van der Waals surface area (Å²) < 4.78 is 11.2. The van der Waals surface area contributed by atoms with Gasteiger partial charge in [0, 0.05) is 24.0 Å². The minimum absolute atomic E-state index is 0.268. The van der Waals surface area contributed by atoms with Crippen LogP contribution in [-0.2, 0) is 6.42 Å². The second-order valence-corrected chi connectivity index (χ2v) is 7.31. The molecule has 1 saturated heterocycles. The van der Waals surface area contributed by atoms with Crippen molar-refractivity contribution in [1.82, 2.24) is 19.9 Å². The molecule has 2 aliphatic rings. The largest absolute Gasteiger partial charge is 0.484 e. The van der Waals surface area contributed by atoms with Gasteiger partial charge in [-0.15, -0.1) is 0 Å². The molecule has 0 amide bonds. The molecule has 0 aromatic carbocycles. The maximum absolute atomic E-state index is 5.63. The number of aromatic nitrogens is 3. The van der Waals surface area contributed by atoms with E-state index in [1.54, 1.807) is 0 Å². The Kier molecular flexibility index (Phi) is 4.76. The van der Waals surface area contributed by atoms with Crippen molar-refractivity contribution in [2.45, 2.75) is 39.7 Å². The molecule has 6 nitrogen and oxygen atoms in total. The van der Waals surface area contributed by atoms with E-state index in [2.05, 4.69) is 38.9 Å². The Hall–Kier alpha value is -2.21. The minimum atomic E-state index is 0.268. The van der Waals surface area contributed by atoms with Gasteiger partial charge in [0.2, 0.25) is 0 Å². The third-order valence-corrected chi connectivity index (χ3v) is 5.24. The monoisotopic (exact) mass is 354 g/mol. The highest BCUT2D eigenvalue weighted by Crippen LogP contribution is 2.33. The number of hydrogen-bond donors (Lipinski definition) is 0. The van der Waals surface area contributed by atoms with E-state index >= 15 is 0 Å². The number of hydrogen-bond acceptors (Lipinski definition) is 6. The molecule has 1 fully saturated rings. The molecule has 4 heterocycles. The van der Waals surface area contributed by atoms with Crippen LogP contribution in [0.3, 0.4) is 0 Å². The van der Waals surface area contributed by atoms with Crippen LogP contribution in [0.2, 0.25) is 0 Å². The first-order chi connectivity index (χ1) is 12.6. The number of likely N-dealkylation sites (tertiary alicyclic amines) is 1. The summed E-state index contributed by atoms with van der Waals surface area (Å²) in [4.78, 5) is 16.2. The van der Waals surface area contributed by atoms with Gasteiger partial charge in [-0.25, -0.2) is 15.0 Å². The third-order valence-electron chi connectivity index (χ3n) is 5.24. The second kappa shape index (κ2) is 7.19. The smallest absolute Gasteiger partial charge is 0.257 e. The summed E-state index contributed by atoms with van der Waals surface area (Å²) in [6.45, 7) is 9.55. The zero-order chi connectivity index (χ0) is 18.1. The van der Waals surface area contributed by atoms with E-state index in [0.717, 1.165) is 48.2 Å². The van der Waals surface area contributed by atoms with Crippen LogP contribution in [0, 0.1) is 19.8 Å². The van der Waals surface area contributed by atoms with Gasteiger partial charge in [0.1, 0.15) is 19.0 Å². The maximum atomic E-state index is 5.63. The van der Waals surface area contributed by atoms with Crippen molar-refractivity contribution in [3.63, 3.8) is 0 Å². The molecule has 4 rings (SSSR count). The molecule has 2 aliphatic heterocycles. The Labute approximate surface area is 154 Å². The number of nitrogens with zero attached hydrogens (tertiary/aromatic N) is 4. The van der Waals surface area contributed by atoms with Crippen molar-refractivity contribution in [3.05, 3.63) is 41.1 Å². The molecule has 6 heteroatoms. The van der Waals surface area contributed by atoms with Gasteiger partial charge in [0.25, 0.3) is 5.88 Å². The fourth-order valence-corrected chi connectivity index (χ4v) is 3.94. The molecule has 0 saturated carbocycles. The Morgan fingerprint density at radius 3 is 2.85 bits per heavy atom. The Bertz CT molecular complexity index is 775. The van der Waals surface area contributed by atoms with Gasteiger partial charge in [-0.2, -0.15) is 0 Å². The summed E-state index contributed by atoms with van der Waals surface area (Å²) in [5.74, 6) is 2.87. The van der Waals surface area contributed by atoms with E-state index in [-0.39, 0.29) is 6.04 Å². The number of ether oxygens (including phenoxy) is 2. The first kappa shape index (κ1) is 17.2. The van der Waals surface area contributed by atoms with Crippen LogP contribution in [0.1, 0.15) is 42.3 Å². The lowest BCUT2D eigenvalue weighted by Crippen LogP contribution is -2.26. The average Bonchev–Trinajstić information content (AvgIpc) is 3.08. The van der Waals surface area contributed by atoms with Crippen LogP contribution in [0.5, 0.6) is 11.6 Å². The van der Waals surface area contributed by atoms with Gasteiger partial charge in [-0.1, -0.05) is 0 Å². The van der Waals surface area contributed by atoms with E-state index < -0.39 is 0 Å². The zero-order valence-corrected chi connectivity index (χ0v) is 15.7. The minimum Gasteiger partial charge on any atom is -0.484 e. The summed E-state index contributed by atoms with van der Waals surface area (Å²) >= 11 is 0. The van der Waals surface area contributed by atoms with Crippen molar-refractivity contribution in [1.29, 1.82) is 0 Å². The van der Waals surface area contributed by atoms with E-state index in [1.807, 2.05) is 19.9 Å². The highest BCUT2D eigenvalue weighted by molar-refractivity contribution is 5.36. The lowest BCUT2D eigenvalue weighted by molar-refractivity contribution is 0.162. The fraction of sp³-hybridized carbons (Fsp3) is 0.550. The molecule has 2 aromatic rings. The van der Waals surface area contributed by atoms with Crippen molar-refractivity contribution in [3.8, 4) is 11.6 Å². The second-order valence-electron chi connectivity index (χ2n) is 7.31. The Balaban J connectivity index is 1.41. The molecule has 26 heavy (non-hydrogen) atoms. The van der Waals surface area contributed by atoms with Gasteiger partial charge < -0.3 is 9.47 Å². The molecule has 138 valence electrons. The van der Waals surface area contributed by atoms with Crippen molar-refractivity contribution >= 4 is 0 Å². The van der Waals surface area contributed by atoms with Crippen LogP contribution in [-0.4, -0.2) is 46.2 Å². The molecular weight excluding hydrogens is 328 g/mol. The number of pyridine rings is 1. The molecule has 0 bridgehead atoms. The lowest BCUT2D eigenvalue weighted by Gasteiger charge is -2.25. The summed E-state index contributed by atoms with van der Waals surface area (Å²) in [6, 6.07) is 6.42. The van der Waals surface area contributed by atoms with E-state index in [9.17, 15) is 0 Å². The third kappa shape index (κ3) is 3.65. The normalized spacial score (nSPS) is 21.0. The molecule has 0 radical (unpaired) electrons. The van der Waals surface area contributed by atoms with Crippen LogP contribution in [0.25, 0.3) is 0 Å². The van der Waals surface area contributed by atoms with Crippen LogP contribution >= 0.6 is 0 Å². The molecule has 2 atom stereocenters. The molecule has 0 aliphatic carbocycles. The van der Waals surface area contributed by atoms with E-state index in [4.69, 9.17) is 9.47 Å². The van der Waals surface area contributed by atoms with Gasteiger partial charge in [0.05, 0.1) is 5.69 Å². The highest BCUT2D eigenvalue weighted by Gasteiger charge is 2.28. The number of aryl methyl sites for hydroxylation is 2. The lowest BCUT2D eigenvalue weighted by atomic mass is 10.0. The molecule has 1 unspecified atom stereocenters. The van der Waals surface area contributed by atoms with E-state index in [1.165, 1.54) is 6.42 Å². The number of fused-ring (bicyclic) bond motifs is 1. The first-order valence-corrected chi connectivity index (χ1v) is 9.40. The van der Waals surface area contributed by atoms with Crippen LogP contribution in [0.15, 0.2) is 18.2 Å². The fourth-order valence-electron chi connectivity index (χ4n) is 3.94. The van der Waals surface area contributed by atoms with Crippen molar-refractivity contribution < 1.29 is 9.47 Å². The van der Waals surface area contributed by atoms with Crippen molar-refractivity contribution in [2.75, 3.05) is 26.3 Å². The molecule has 2 aromatic heterocycles. The van der Waals surface area contributed by atoms with Gasteiger partial charge in [-0.05, 0) is 64.3 Å². The topological polar surface area (TPSA) is 60.4 Å². The van der Waals surface area contributed by atoms with Gasteiger partial charge in [0.15, 0.2) is 5.75 Å². The first-order valence-electron chi connectivity index (χ1n) is 9.40. The van der Waals surface area contributed by atoms with E-state index in [0.29, 0.717) is 25.0 Å². The predicted molar refractivity (Wildman–Crippen MR) is 98.5 cm³/mol. The SMILES string of the molecule is Cc1cc(C[C@@H]2CCN(C(C)c3ccc4c(n3)OCCO4)C2)nc(C)n1. The predicted octanol–water partition coefficient (Wildman–Crippen LogP) is 2.89. The standard InChI is InChI=1S/C20H26N4O2/c1-13-10-17(22-15(3)21-13)11-16-6-7-24(12-16)14(2)18-4-5-19-20(23-18)26-9-8-25-19/h4-5,10,14,16H,6-9,11-12H2,1-3H3/t14?,16-/m0/s1. The Morgan fingerprint density at radius 1 is 1.15 bits per heavy atom. The van der Waals surface area contributed by atoms with Crippen LogP contribution in [0.4, 0.5) is 0 Å². The number of rotatable bonds is 4.